The number of anilines is 2. The fraction of sp³-hybridized carbons (Fsp3) is 0.364. The van der Waals surface area contributed by atoms with Gasteiger partial charge in [0.2, 0.25) is 0 Å². The molecule has 19 heavy (non-hydrogen) atoms. The molecule has 0 bridgehead atoms. The van der Waals surface area contributed by atoms with E-state index >= 15 is 0 Å². The van der Waals surface area contributed by atoms with Crippen LogP contribution in [0.1, 0.15) is 0 Å². The van der Waals surface area contributed by atoms with Crippen LogP contribution in [0, 0.1) is 5.53 Å². The number of carbonyl (C=O) groups is 1. The van der Waals surface area contributed by atoms with Crippen LogP contribution in [0.15, 0.2) is 29.4 Å². The summed E-state index contributed by atoms with van der Waals surface area (Å²) in [5, 5.41) is 30.1. The van der Waals surface area contributed by atoms with Gasteiger partial charge in [0.15, 0.2) is 0 Å². The standard InChI is InChI=1S/C11H16N4O4/c12-13-11(18)15(19)10-3-1-9(2-4-10)14(5-7-16)6-8-17/h1-4,12,16-17,19H,5-8H2. The van der Waals surface area contributed by atoms with Crippen molar-refractivity contribution < 1.29 is 20.2 Å². The van der Waals surface area contributed by atoms with E-state index in [2.05, 4.69) is 5.11 Å². The lowest BCUT2D eigenvalue weighted by atomic mass is 10.2. The fourth-order valence-corrected chi connectivity index (χ4v) is 1.57. The summed E-state index contributed by atoms with van der Waals surface area (Å²) in [7, 11) is 0. The second-order valence-electron chi connectivity index (χ2n) is 3.66. The molecule has 2 amide bonds. The molecule has 104 valence electrons. The molecule has 1 rings (SSSR count). The van der Waals surface area contributed by atoms with Gasteiger partial charge in [0.1, 0.15) is 0 Å². The molecule has 8 heteroatoms. The first-order valence-electron chi connectivity index (χ1n) is 5.61. The van der Waals surface area contributed by atoms with Gasteiger partial charge in [-0.1, -0.05) is 5.11 Å². The molecule has 0 spiro atoms. The molecule has 0 radical (unpaired) electrons. The van der Waals surface area contributed by atoms with Crippen molar-refractivity contribution in [2.24, 2.45) is 5.11 Å². The van der Waals surface area contributed by atoms with Gasteiger partial charge in [-0.3, -0.25) is 5.21 Å². The summed E-state index contributed by atoms with van der Waals surface area (Å²) in [5.74, 6) is 0. The van der Waals surface area contributed by atoms with Crippen LogP contribution in [0.2, 0.25) is 0 Å². The number of benzene rings is 1. The number of urea groups is 1. The Labute approximate surface area is 110 Å². The molecule has 0 fully saturated rings. The molecule has 0 atom stereocenters. The minimum atomic E-state index is -1.09. The van der Waals surface area contributed by atoms with Crippen LogP contribution in [-0.2, 0) is 0 Å². The Balaban J connectivity index is 2.84. The van der Waals surface area contributed by atoms with E-state index in [-0.39, 0.29) is 24.0 Å². The molecule has 0 saturated carbocycles. The van der Waals surface area contributed by atoms with Crippen molar-refractivity contribution in [3.8, 4) is 0 Å². The van der Waals surface area contributed by atoms with E-state index in [0.29, 0.717) is 13.1 Å². The molecule has 0 heterocycles. The van der Waals surface area contributed by atoms with Crippen LogP contribution in [0.3, 0.4) is 0 Å². The Kier molecular flexibility index (Phi) is 5.86. The highest BCUT2D eigenvalue weighted by Crippen LogP contribution is 2.20. The maximum Gasteiger partial charge on any atom is 0.390 e. The first-order valence-corrected chi connectivity index (χ1v) is 5.61. The molecular weight excluding hydrogens is 252 g/mol. The highest BCUT2D eigenvalue weighted by molar-refractivity contribution is 5.89. The third kappa shape index (κ3) is 3.98. The van der Waals surface area contributed by atoms with Gasteiger partial charge >= 0.3 is 6.03 Å². The maximum absolute atomic E-state index is 11.0. The zero-order chi connectivity index (χ0) is 14.3. The predicted molar refractivity (Wildman–Crippen MR) is 67.6 cm³/mol. The summed E-state index contributed by atoms with van der Waals surface area (Å²) in [5.41, 5.74) is 7.43. The molecule has 0 aromatic heterocycles. The van der Waals surface area contributed by atoms with Gasteiger partial charge in [0.25, 0.3) is 0 Å². The Morgan fingerprint density at radius 3 is 2.00 bits per heavy atom. The van der Waals surface area contributed by atoms with E-state index in [1.54, 1.807) is 17.0 Å². The summed E-state index contributed by atoms with van der Waals surface area (Å²) in [6, 6.07) is 5.11. The number of nitrogens with one attached hydrogen (secondary N) is 1. The largest absolute Gasteiger partial charge is 0.395 e. The van der Waals surface area contributed by atoms with Gasteiger partial charge in [0, 0.05) is 18.8 Å². The van der Waals surface area contributed by atoms with E-state index in [9.17, 15) is 10.0 Å². The number of hydrogen-bond acceptors (Lipinski definition) is 6. The van der Waals surface area contributed by atoms with Crippen LogP contribution in [0.4, 0.5) is 16.2 Å². The Morgan fingerprint density at radius 1 is 1.11 bits per heavy atom. The van der Waals surface area contributed by atoms with E-state index in [1.165, 1.54) is 12.1 Å². The third-order valence-corrected chi connectivity index (χ3v) is 2.48. The van der Waals surface area contributed by atoms with Crippen LogP contribution in [0.5, 0.6) is 0 Å². The average molecular weight is 268 g/mol. The Hall–Kier alpha value is -2.03. The normalized spacial score (nSPS) is 10.1. The summed E-state index contributed by atoms with van der Waals surface area (Å²) >= 11 is 0. The zero-order valence-corrected chi connectivity index (χ0v) is 10.2. The molecular formula is C11H16N4O4. The van der Waals surface area contributed by atoms with E-state index < -0.39 is 6.03 Å². The number of nitrogens with zero attached hydrogens (tertiary/aromatic N) is 3. The summed E-state index contributed by atoms with van der Waals surface area (Å²) in [6.45, 7) is 0.627. The number of hydrogen-bond donors (Lipinski definition) is 4. The zero-order valence-electron chi connectivity index (χ0n) is 10.2. The Bertz CT molecular complexity index is 417. The lowest BCUT2D eigenvalue weighted by molar-refractivity contribution is 0.211. The van der Waals surface area contributed by atoms with Gasteiger partial charge in [-0.05, 0) is 24.3 Å². The van der Waals surface area contributed by atoms with Crippen molar-refractivity contribution in [3.05, 3.63) is 24.3 Å². The fourth-order valence-electron chi connectivity index (χ4n) is 1.57. The van der Waals surface area contributed by atoms with Crippen molar-refractivity contribution in [1.29, 1.82) is 5.53 Å². The van der Waals surface area contributed by atoms with Crippen molar-refractivity contribution in [1.82, 2.24) is 0 Å². The van der Waals surface area contributed by atoms with Crippen LogP contribution in [-0.4, -0.2) is 47.8 Å². The third-order valence-electron chi connectivity index (χ3n) is 2.48. The van der Waals surface area contributed by atoms with Crippen molar-refractivity contribution in [2.45, 2.75) is 0 Å². The molecule has 0 saturated heterocycles. The van der Waals surface area contributed by atoms with E-state index in [1.807, 2.05) is 0 Å². The summed E-state index contributed by atoms with van der Waals surface area (Å²) in [6.07, 6.45) is 0. The Morgan fingerprint density at radius 2 is 1.58 bits per heavy atom. The average Bonchev–Trinajstić information content (AvgIpc) is 2.45. The highest BCUT2D eigenvalue weighted by Gasteiger charge is 2.12. The smallest absolute Gasteiger partial charge is 0.390 e. The highest BCUT2D eigenvalue weighted by atomic mass is 16.5. The number of carbonyl (C=O) groups excluding carboxylic acids is 1. The van der Waals surface area contributed by atoms with Gasteiger partial charge in [-0.15, -0.1) is 0 Å². The molecule has 0 unspecified atom stereocenters. The molecule has 0 aliphatic rings. The van der Waals surface area contributed by atoms with Gasteiger partial charge in [0.05, 0.1) is 18.9 Å². The number of hydroxylamine groups is 1. The summed E-state index contributed by atoms with van der Waals surface area (Å²) < 4.78 is 0. The topological polar surface area (TPSA) is 120 Å². The first kappa shape index (κ1) is 15.0. The molecule has 8 nitrogen and oxygen atoms in total. The SMILES string of the molecule is N=NC(=O)N(O)c1ccc(N(CCO)CCO)cc1. The second kappa shape index (κ2) is 7.41. The molecule has 1 aromatic rings. The molecule has 1 aromatic carbocycles. The van der Waals surface area contributed by atoms with E-state index in [4.69, 9.17) is 15.7 Å². The number of amides is 2. The van der Waals surface area contributed by atoms with Crippen LogP contribution < -0.4 is 9.96 Å². The predicted octanol–water partition coefficient (Wildman–Crippen LogP) is 0.824. The van der Waals surface area contributed by atoms with Crippen LogP contribution in [0.25, 0.3) is 0 Å². The lowest BCUT2D eigenvalue weighted by Gasteiger charge is -2.23. The van der Waals surface area contributed by atoms with Gasteiger partial charge < -0.3 is 15.1 Å². The first-order chi connectivity index (χ1) is 9.13. The minimum Gasteiger partial charge on any atom is -0.395 e. The van der Waals surface area contributed by atoms with E-state index in [0.717, 1.165) is 5.69 Å². The van der Waals surface area contributed by atoms with Gasteiger partial charge in [-0.25, -0.2) is 4.79 Å². The maximum atomic E-state index is 11.0. The minimum absolute atomic E-state index is 0.0515. The quantitative estimate of drug-likeness (QED) is 0.346. The number of rotatable bonds is 6. The molecule has 0 aliphatic carbocycles. The van der Waals surface area contributed by atoms with Crippen molar-refractivity contribution in [2.75, 3.05) is 36.3 Å². The van der Waals surface area contributed by atoms with Crippen LogP contribution >= 0.6 is 0 Å². The monoisotopic (exact) mass is 268 g/mol. The number of aliphatic hydroxyl groups excluding tert-OH is 2. The molecule has 0 aliphatic heterocycles. The number of aliphatic hydroxyl groups is 2. The van der Waals surface area contributed by atoms with Crippen molar-refractivity contribution >= 4 is 17.4 Å². The lowest BCUT2D eigenvalue weighted by Crippen LogP contribution is -2.29. The van der Waals surface area contributed by atoms with Gasteiger partial charge in [-0.2, -0.15) is 10.6 Å². The molecule has 4 N–H and O–H groups in total. The second-order valence-corrected chi connectivity index (χ2v) is 3.66. The van der Waals surface area contributed by atoms with Crippen molar-refractivity contribution in [3.63, 3.8) is 0 Å². The summed E-state index contributed by atoms with van der Waals surface area (Å²) in [4.78, 5) is 12.7.